The van der Waals surface area contributed by atoms with Crippen molar-refractivity contribution in [3.63, 3.8) is 0 Å². The number of hydrogen-bond acceptors (Lipinski definition) is 6. The van der Waals surface area contributed by atoms with Gasteiger partial charge >= 0.3 is 6.18 Å². The molecule has 0 aromatic carbocycles. The van der Waals surface area contributed by atoms with Crippen LogP contribution in [0.1, 0.15) is 29.8 Å². The summed E-state index contributed by atoms with van der Waals surface area (Å²) in [6, 6.07) is 4.93. The highest BCUT2D eigenvalue weighted by molar-refractivity contribution is 5.97. The van der Waals surface area contributed by atoms with Gasteiger partial charge in [-0.2, -0.15) is 23.4 Å². The highest BCUT2D eigenvalue weighted by Gasteiger charge is 2.31. The Kier molecular flexibility index (Phi) is 6.28. The molecule has 8 nitrogen and oxygen atoms in total. The van der Waals surface area contributed by atoms with E-state index in [1.54, 1.807) is 24.0 Å². The minimum atomic E-state index is -4.46. The van der Waals surface area contributed by atoms with E-state index in [0.29, 0.717) is 24.1 Å². The second-order valence-corrected chi connectivity index (χ2v) is 6.33. The summed E-state index contributed by atoms with van der Waals surface area (Å²) in [7, 11) is 0. The highest BCUT2D eigenvalue weighted by atomic mass is 19.4. The van der Waals surface area contributed by atoms with E-state index in [9.17, 15) is 18.0 Å². The molecule has 158 valence electrons. The maximum absolute atomic E-state index is 13.1. The second-order valence-electron chi connectivity index (χ2n) is 6.33. The van der Waals surface area contributed by atoms with Crippen LogP contribution in [0.5, 0.6) is 5.88 Å². The molecule has 0 saturated carbocycles. The van der Waals surface area contributed by atoms with Gasteiger partial charge in [0.15, 0.2) is 5.82 Å². The molecule has 0 aliphatic heterocycles. The molecule has 0 radical (unpaired) electrons. The Hall–Kier alpha value is -3.50. The zero-order valence-corrected chi connectivity index (χ0v) is 16.2. The lowest BCUT2D eigenvalue weighted by Gasteiger charge is -2.28. The molecule has 1 amide bonds. The van der Waals surface area contributed by atoms with Gasteiger partial charge in [0.05, 0.1) is 29.6 Å². The van der Waals surface area contributed by atoms with Crippen LogP contribution in [0.15, 0.2) is 49.1 Å². The number of hydrogen-bond donors (Lipinski definition) is 0. The van der Waals surface area contributed by atoms with Gasteiger partial charge in [0.25, 0.3) is 5.91 Å². The number of aromatic nitrogens is 5. The number of likely N-dealkylation sites (N-methyl/N-ethyl adjacent to an activating group) is 1. The molecule has 3 rings (SSSR count). The fourth-order valence-electron chi connectivity index (χ4n) is 2.79. The Labute approximate surface area is 170 Å². The molecule has 3 aromatic heterocycles. The Bertz CT molecular complexity index is 977. The molecule has 0 spiro atoms. The Morgan fingerprint density at radius 3 is 2.50 bits per heavy atom. The quantitative estimate of drug-likeness (QED) is 0.584. The predicted octanol–water partition coefficient (Wildman–Crippen LogP) is 3.01. The van der Waals surface area contributed by atoms with Crippen molar-refractivity contribution in [2.24, 2.45) is 0 Å². The van der Waals surface area contributed by atoms with Gasteiger partial charge in [-0.15, -0.1) is 4.80 Å². The molecule has 11 heteroatoms. The zero-order chi connectivity index (χ0) is 21.7. The van der Waals surface area contributed by atoms with Gasteiger partial charge in [-0.25, -0.2) is 9.97 Å². The fraction of sp³-hybridized carbons (Fsp3) is 0.316. The minimum Gasteiger partial charge on any atom is -0.475 e. The van der Waals surface area contributed by atoms with E-state index < -0.39 is 11.7 Å². The van der Waals surface area contributed by atoms with Crippen molar-refractivity contribution in [1.82, 2.24) is 29.9 Å². The molecular formula is C19H19F3N6O2. The van der Waals surface area contributed by atoms with Gasteiger partial charge in [0.2, 0.25) is 5.88 Å². The third-order valence-corrected chi connectivity index (χ3v) is 4.29. The van der Waals surface area contributed by atoms with Gasteiger partial charge in [-0.05, 0) is 32.0 Å². The lowest BCUT2D eigenvalue weighted by Crippen LogP contribution is -2.42. The van der Waals surface area contributed by atoms with Gasteiger partial charge in [0.1, 0.15) is 6.61 Å². The molecule has 30 heavy (non-hydrogen) atoms. The highest BCUT2D eigenvalue weighted by Crippen LogP contribution is 2.29. The van der Waals surface area contributed by atoms with E-state index in [4.69, 9.17) is 4.74 Å². The van der Waals surface area contributed by atoms with Crippen LogP contribution in [0, 0.1) is 0 Å². The molecule has 3 heterocycles. The van der Waals surface area contributed by atoms with Gasteiger partial charge in [-0.3, -0.25) is 4.79 Å². The van der Waals surface area contributed by atoms with Gasteiger partial charge < -0.3 is 9.64 Å². The number of carbonyl (C=O) groups excluding carboxylic acids is 1. The summed E-state index contributed by atoms with van der Waals surface area (Å²) in [5.74, 6) is 0.0408. The summed E-state index contributed by atoms with van der Waals surface area (Å²) in [5, 5.41) is 8.04. The monoisotopic (exact) mass is 420 g/mol. The SMILES string of the molecule is CCN(C(=O)c1cccnc1-n1nccn1)C(C)COc1ccc(C(F)(F)F)cn1. The average Bonchev–Trinajstić information content (AvgIpc) is 3.27. The summed E-state index contributed by atoms with van der Waals surface area (Å²) in [4.78, 5) is 23.8. The van der Waals surface area contributed by atoms with Crippen molar-refractivity contribution >= 4 is 5.91 Å². The Morgan fingerprint density at radius 1 is 1.17 bits per heavy atom. The molecule has 0 N–H and O–H groups in total. The number of nitrogens with zero attached hydrogens (tertiary/aromatic N) is 6. The standard InChI is InChI=1S/C19H19F3N6O2/c1-3-27(13(2)12-30-16-7-6-14(11-24-16)19(20,21)22)18(29)15-5-4-8-23-17(15)28-25-9-10-26-28/h4-11,13H,3,12H2,1-2H3. The Balaban J connectivity index is 1.71. The number of halogens is 3. The maximum atomic E-state index is 13.1. The van der Waals surface area contributed by atoms with Crippen LogP contribution in [0.2, 0.25) is 0 Å². The second kappa shape index (κ2) is 8.89. The maximum Gasteiger partial charge on any atom is 0.417 e. The summed E-state index contributed by atoms with van der Waals surface area (Å²) in [6.45, 7) is 4.01. The number of pyridine rings is 2. The summed E-state index contributed by atoms with van der Waals surface area (Å²) >= 11 is 0. The Morgan fingerprint density at radius 2 is 1.90 bits per heavy atom. The van der Waals surface area contributed by atoms with Crippen LogP contribution in [-0.2, 0) is 6.18 Å². The van der Waals surface area contributed by atoms with Crippen LogP contribution in [0.25, 0.3) is 5.82 Å². The van der Waals surface area contributed by atoms with Crippen molar-refractivity contribution in [2.45, 2.75) is 26.1 Å². The summed E-state index contributed by atoms with van der Waals surface area (Å²) < 4.78 is 43.4. The van der Waals surface area contributed by atoms with E-state index in [2.05, 4.69) is 20.2 Å². The zero-order valence-electron chi connectivity index (χ0n) is 16.2. The van der Waals surface area contributed by atoms with Crippen LogP contribution in [-0.4, -0.2) is 55.0 Å². The lowest BCUT2D eigenvalue weighted by molar-refractivity contribution is -0.137. The predicted molar refractivity (Wildman–Crippen MR) is 100 cm³/mol. The lowest BCUT2D eigenvalue weighted by atomic mass is 10.2. The first kappa shape index (κ1) is 21.2. The minimum absolute atomic E-state index is 0.0427. The van der Waals surface area contributed by atoms with Gasteiger partial charge in [-0.1, -0.05) is 0 Å². The largest absolute Gasteiger partial charge is 0.475 e. The smallest absolute Gasteiger partial charge is 0.417 e. The molecule has 0 aliphatic rings. The van der Waals surface area contributed by atoms with E-state index in [0.717, 1.165) is 12.1 Å². The van der Waals surface area contributed by atoms with E-state index in [1.807, 2.05) is 6.92 Å². The summed E-state index contributed by atoms with van der Waals surface area (Å²) in [6.07, 6.45) is 0.744. The van der Waals surface area contributed by atoms with Crippen molar-refractivity contribution in [3.8, 4) is 11.7 Å². The third-order valence-electron chi connectivity index (χ3n) is 4.29. The van der Waals surface area contributed by atoms with Crippen molar-refractivity contribution < 1.29 is 22.7 Å². The van der Waals surface area contributed by atoms with Crippen LogP contribution in [0.4, 0.5) is 13.2 Å². The number of alkyl halides is 3. The number of rotatable bonds is 7. The third kappa shape index (κ3) is 4.73. The first-order valence-electron chi connectivity index (χ1n) is 9.10. The number of carbonyl (C=O) groups is 1. The molecule has 0 bridgehead atoms. The van der Waals surface area contributed by atoms with Crippen molar-refractivity contribution in [3.05, 3.63) is 60.2 Å². The van der Waals surface area contributed by atoms with E-state index in [1.165, 1.54) is 23.4 Å². The number of ether oxygens (including phenoxy) is 1. The molecule has 0 saturated heterocycles. The normalized spacial score (nSPS) is 12.4. The van der Waals surface area contributed by atoms with E-state index in [-0.39, 0.29) is 24.4 Å². The number of amides is 1. The average molecular weight is 420 g/mol. The van der Waals surface area contributed by atoms with Crippen LogP contribution < -0.4 is 4.74 Å². The molecule has 3 aromatic rings. The van der Waals surface area contributed by atoms with Crippen molar-refractivity contribution in [1.29, 1.82) is 0 Å². The first-order valence-corrected chi connectivity index (χ1v) is 9.10. The molecule has 1 atom stereocenters. The van der Waals surface area contributed by atoms with Gasteiger partial charge in [0, 0.05) is 25.0 Å². The molecule has 0 fully saturated rings. The molecular weight excluding hydrogens is 401 g/mol. The van der Waals surface area contributed by atoms with Crippen LogP contribution in [0.3, 0.4) is 0 Å². The first-order chi connectivity index (χ1) is 14.3. The fourth-order valence-corrected chi connectivity index (χ4v) is 2.79. The topological polar surface area (TPSA) is 86.0 Å². The van der Waals surface area contributed by atoms with Crippen LogP contribution >= 0.6 is 0 Å². The summed E-state index contributed by atoms with van der Waals surface area (Å²) in [5.41, 5.74) is -0.542. The van der Waals surface area contributed by atoms with Crippen molar-refractivity contribution in [2.75, 3.05) is 13.2 Å². The molecule has 1 unspecified atom stereocenters. The van der Waals surface area contributed by atoms with E-state index >= 15 is 0 Å². The molecule has 0 aliphatic carbocycles.